The van der Waals surface area contributed by atoms with E-state index in [0.717, 1.165) is 22.6 Å². The summed E-state index contributed by atoms with van der Waals surface area (Å²) in [7, 11) is 1.63. The number of rotatable bonds is 5. The molecule has 27 heavy (non-hydrogen) atoms. The Morgan fingerprint density at radius 3 is 2.78 bits per heavy atom. The first-order valence-electron chi connectivity index (χ1n) is 8.10. The molecule has 0 spiro atoms. The van der Waals surface area contributed by atoms with Gasteiger partial charge in [0.15, 0.2) is 11.5 Å². The van der Waals surface area contributed by atoms with Crippen LogP contribution in [0.5, 0.6) is 11.5 Å². The fraction of sp³-hybridized carbons (Fsp3) is 0.158. The Morgan fingerprint density at radius 2 is 2.04 bits per heavy atom. The van der Waals surface area contributed by atoms with Gasteiger partial charge in [-0.2, -0.15) is 0 Å². The Labute approximate surface area is 170 Å². The molecule has 0 fully saturated rings. The van der Waals surface area contributed by atoms with Crippen LogP contribution in [0.25, 0.3) is 0 Å². The Hall–Kier alpha value is -2.28. The van der Waals surface area contributed by atoms with E-state index in [4.69, 9.17) is 32.7 Å². The molecule has 0 aliphatic carbocycles. The Balaban J connectivity index is 1.70. The van der Waals surface area contributed by atoms with E-state index in [2.05, 4.69) is 9.98 Å². The second kappa shape index (κ2) is 7.76. The van der Waals surface area contributed by atoms with Crippen LogP contribution in [0.2, 0.25) is 10.0 Å². The second-order valence-corrected chi connectivity index (χ2v) is 7.36. The molecule has 5 nitrogen and oxygen atoms in total. The highest BCUT2D eigenvalue weighted by molar-refractivity contribution is 7.07. The van der Waals surface area contributed by atoms with Crippen molar-refractivity contribution in [3.63, 3.8) is 0 Å². The number of anilines is 2. The summed E-state index contributed by atoms with van der Waals surface area (Å²) in [6.45, 7) is 0.940. The summed E-state index contributed by atoms with van der Waals surface area (Å²) in [6, 6.07) is 9.38. The number of nitrogens with zero attached hydrogens (tertiary/aromatic N) is 3. The van der Waals surface area contributed by atoms with Crippen LogP contribution in [-0.4, -0.2) is 18.4 Å². The van der Waals surface area contributed by atoms with Crippen LogP contribution >= 0.6 is 34.5 Å². The summed E-state index contributed by atoms with van der Waals surface area (Å²) >= 11 is 13.8. The summed E-state index contributed by atoms with van der Waals surface area (Å²) in [5, 5.41) is 2.96. The van der Waals surface area contributed by atoms with Gasteiger partial charge < -0.3 is 14.4 Å². The number of hydrogen-bond donors (Lipinski definition) is 0. The first kappa shape index (κ1) is 18.1. The first-order chi connectivity index (χ1) is 13.2. The highest BCUT2D eigenvalue weighted by atomic mass is 35.5. The Bertz CT molecular complexity index is 993. The monoisotopic (exact) mass is 419 g/mol. The molecule has 1 aromatic heterocycles. The largest absolute Gasteiger partial charge is 0.493 e. The molecule has 0 N–H and O–H groups in total. The maximum atomic E-state index is 6.19. The lowest BCUT2D eigenvalue weighted by molar-refractivity contribution is 0.281. The molecule has 138 valence electrons. The third-order valence-electron chi connectivity index (χ3n) is 4.12. The van der Waals surface area contributed by atoms with Crippen LogP contribution < -0.4 is 14.4 Å². The lowest BCUT2D eigenvalue weighted by Gasteiger charge is -2.27. The van der Waals surface area contributed by atoms with Gasteiger partial charge in [-0.1, -0.05) is 23.2 Å². The zero-order valence-corrected chi connectivity index (χ0v) is 16.7. The van der Waals surface area contributed by atoms with Gasteiger partial charge in [-0.05, 0) is 24.3 Å². The number of halogens is 2. The van der Waals surface area contributed by atoms with Crippen LogP contribution in [0, 0.1) is 0 Å². The van der Waals surface area contributed by atoms with Gasteiger partial charge in [0.1, 0.15) is 6.61 Å². The third-order valence-corrected chi connectivity index (χ3v) is 5.50. The standard InChI is InChI=1S/C19H15Cl2N3O2S/c1-25-18-4-12-7-22-10-24(14-2-3-15(20)16(21)5-14)17(12)6-19(18)26-8-13-9-27-11-23-13/h2-6,9-11H,7-8H2,1H3. The summed E-state index contributed by atoms with van der Waals surface area (Å²) < 4.78 is 11.5. The van der Waals surface area contributed by atoms with E-state index >= 15 is 0 Å². The van der Waals surface area contributed by atoms with Crippen molar-refractivity contribution in [1.82, 2.24) is 4.98 Å². The van der Waals surface area contributed by atoms with Crippen LogP contribution in [0.1, 0.15) is 11.3 Å². The van der Waals surface area contributed by atoms with Crippen LogP contribution in [0.3, 0.4) is 0 Å². The third kappa shape index (κ3) is 3.74. The smallest absolute Gasteiger partial charge is 0.163 e. The van der Waals surface area contributed by atoms with E-state index < -0.39 is 0 Å². The van der Waals surface area contributed by atoms with Crippen molar-refractivity contribution in [2.75, 3.05) is 12.0 Å². The van der Waals surface area contributed by atoms with Crippen LogP contribution in [0.4, 0.5) is 11.4 Å². The fourth-order valence-corrected chi connectivity index (χ4v) is 3.63. The SMILES string of the molecule is COc1cc2c(cc1OCc1cscn1)N(c1ccc(Cl)c(Cl)c1)C=NC2. The van der Waals surface area contributed by atoms with Crippen molar-refractivity contribution in [3.8, 4) is 11.5 Å². The highest BCUT2D eigenvalue weighted by Gasteiger charge is 2.20. The molecule has 8 heteroatoms. The van der Waals surface area contributed by atoms with Crippen molar-refractivity contribution in [1.29, 1.82) is 0 Å². The number of aliphatic imine (C=N–C) groups is 1. The summed E-state index contributed by atoms with van der Waals surface area (Å²) in [5.74, 6) is 1.31. The number of hydrogen-bond acceptors (Lipinski definition) is 6. The molecule has 1 aliphatic heterocycles. The van der Waals surface area contributed by atoms with Crippen LogP contribution in [0.15, 0.2) is 46.2 Å². The lowest BCUT2D eigenvalue weighted by atomic mass is 10.1. The highest BCUT2D eigenvalue weighted by Crippen LogP contribution is 2.40. The van der Waals surface area contributed by atoms with Gasteiger partial charge in [0.05, 0.1) is 46.9 Å². The molecular formula is C19H15Cl2N3O2S. The molecule has 0 bridgehead atoms. The maximum absolute atomic E-state index is 6.19. The van der Waals surface area contributed by atoms with Crippen molar-refractivity contribution < 1.29 is 9.47 Å². The summed E-state index contributed by atoms with van der Waals surface area (Å²) in [5.41, 5.74) is 5.51. The molecule has 2 aromatic carbocycles. The number of aromatic nitrogens is 1. The van der Waals surface area contributed by atoms with Crippen molar-refractivity contribution in [3.05, 3.63) is 62.5 Å². The predicted molar refractivity (Wildman–Crippen MR) is 110 cm³/mol. The van der Waals surface area contributed by atoms with Gasteiger partial charge in [0.25, 0.3) is 0 Å². The normalized spacial score (nSPS) is 12.8. The van der Waals surface area contributed by atoms with E-state index in [1.807, 2.05) is 34.5 Å². The minimum atomic E-state index is 0.375. The van der Waals surface area contributed by atoms with Gasteiger partial charge in [0, 0.05) is 22.7 Å². The van der Waals surface area contributed by atoms with Crippen molar-refractivity contribution in [2.24, 2.45) is 4.99 Å². The molecule has 0 amide bonds. The van der Waals surface area contributed by atoms with Crippen LogP contribution in [-0.2, 0) is 13.2 Å². The topological polar surface area (TPSA) is 47.0 Å². The fourth-order valence-electron chi connectivity index (χ4n) is 2.80. The summed E-state index contributed by atoms with van der Waals surface area (Å²) in [4.78, 5) is 10.6. The molecule has 0 saturated carbocycles. The zero-order chi connectivity index (χ0) is 18.8. The average molecular weight is 420 g/mol. The maximum Gasteiger partial charge on any atom is 0.163 e. The van der Waals surface area contributed by atoms with E-state index in [9.17, 15) is 0 Å². The molecule has 0 unspecified atom stereocenters. The van der Waals surface area contributed by atoms with E-state index in [-0.39, 0.29) is 0 Å². The van der Waals surface area contributed by atoms with Gasteiger partial charge in [-0.15, -0.1) is 11.3 Å². The molecule has 0 saturated heterocycles. The van der Waals surface area contributed by atoms with Gasteiger partial charge in [0.2, 0.25) is 0 Å². The number of ether oxygens (including phenoxy) is 2. The number of methoxy groups -OCH3 is 1. The number of fused-ring (bicyclic) bond motifs is 1. The number of thiazole rings is 1. The second-order valence-electron chi connectivity index (χ2n) is 5.82. The van der Waals surface area contributed by atoms with Crippen molar-refractivity contribution >= 4 is 52.3 Å². The summed E-state index contributed by atoms with van der Waals surface area (Å²) in [6.07, 6.45) is 1.78. The molecule has 0 atom stereocenters. The molecule has 2 heterocycles. The Morgan fingerprint density at radius 1 is 1.15 bits per heavy atom. The average Bonchev–Trinajstić information content (AvgIpc) is 3.21. The predicted octanol–water partition coefficient (Wildman–Crippen LogP) is 5.72. The molecule has 0 radical (unpaired) electrons. The van der Waals surface area contributed by atoms with E-state index in [1.165, 1.54) is 11.3 Å². The minimum absolute atomic E-state index is 0.375. The van der Waals surface area contributed by atoms with Crippen molar-refractivity contribution in [2.45, 2.75) is 13.2 Å². The van der Waals surface area contributed by atoms with Gasteiger partial charge in [-0.3, -0.25) is 4.99 Å². The lowest BCUT2D eigenvalue weighted by Crippen LogP contribution is -2.20. The molecule has 4 rings (SSSR count). The number of benzene rings is 2. The molecular weight excluding hydrogens is 405 g/mol. The minimum Gasteiger partial charge on any atom is -0.493 e. The van der Waals surface area contributed by atoms with E-state index in [0.29, 0.717) is 34.7 Å². The zero-order valence-electron chi connectivity index (χ0n) is 14.4. The Kier molecular flexibility index (Phi) is 5.20. The van der Waals surface area contributed by atoms with E-state index in [1.54, 1.807) is 25.0 Å². The molecule has 1 aliphatic rings. The molecule has 3 aromatic rings. The first-order valence-corrected chi connectivity index (χ1v) is 9.80. The van der Waals surface area contributed by atoms with Gasteiger partial charge >= 0.3 is 0 Å². The quantitative estimate of drug-likeness (QED) is 0.530. The van der Waals surface area contributed by atoms with Gasteiger partial charge in [-0.25, -0.2) is 4.98 Å².